The van der Waals surface area contributed by atoms with Gasteiger partial charge in [-0.05, 0) is 0 Å². The van der Waals surface area contributed by atoms with Gasteiger partial charge >= 0.3 is 0 Å². The largest absolute Gasteiger partial charge is 0.364 e. The normalized spacial score (nSPS) is 10.6. The Morgan fingerprint density at radius 1 is 1.57 bits per heavy atom. The van der Waals surface area contributed by atoms with Crippen molar-refractivity contribution in [3.63, 3.8) is 0 Å². The summed E-state index contributed by atoms with van der Waals surface area (Å²) in [7, 11) is 0. The van der Waals surface area contributed by atoms with Gasteiger partial charge < -0.3 is 10.7 Å². The monoisotopic (exact) mass is 222 g/mol. The van der Waals surface area contributed by atoms with Crippen molar-refractivity contribution in [1.29, 1.82) is 0 Å². The van der Waals surface area contributed by atoms with E-state index in [0.29, 0.717) is 0 Å². The molecule has 76 valence electrons. The molecule has 4 nitrogen and oxygen atoms in total. The number of nitrogens with one attached hydrogen (secondary N) is 1. The van der Waals surface area contributed by atoms with Crippen molar-refractivity contribution >= 4 is 17.5 Å². The number of nitrogens with two attached hydrogens (primary N) is 1. The molecule has 1 aromatic heterocycles. The summed E-state index contributed by atoms with van der Waals surface area (Å²) in [4.78, 5) is 23.6. The predicted octanol–water partition coefficient (Wildman–Crippen LogP) is 1.06. The molecule has 0 saturated heterocycles. The smallest absolute Gasteiger partial charge is 0.279 e. The van der Waals surface area contributed by atoms with Gasteiger partial charge in [-0.15, -0.1) is 0 Å². The Bertz CT molecular complexity index is 430. The van der Waals surface area contributed by atoms with Crippen LogP contribution in [0.15, 0.2) is 10.9 Å². The lowest BCUT2D eigenvalue weighted by Crippen LogP contribution is -2.19. The van der Waals surface area contributed by atoms with E-state index in [1.807, 2.05) is 4.98 Å². The van der Waals surface area contributed by atoms with E-state index in [1.54, 1.807) is 0 Å². The Morgan fingerprint density at radius 3 is 2.57 bits per heavy atom. The van der Waals surface area contributed by atoms with E-state index in [0.717, 1.165) is 6.07 Å². The number of H-pyrrole nitrogens is 1. The van der Waals surface area contributed by atoms with Crippen LogP contribution in [0.2, 0.25) is 5.02 Å². The van der Waals surface area contributed by atoms with Crippen molar-refractivity contribution < 1.29 is 13.6 Å². The summed E-state index contributed by atoms with van der Waals surface area (Å²) in [6.07, 6.45) is -2.96. The number of primary amides is 1. The molecule has 0 bridgehead atoms. The van der Waals surface area contributed by atoms with Crippen molar-refractivity contribution in [2.45, 2.75) is 6.43 Å². The van der Waals surface area contributed by atoms with Crippen LogP contribution in [0.4, 0.5) is 8.78 Å². The molecule has 1 heterocycles. The number of carbonyl (C=O) groups excluding carboxylic acids is 1. The van der Waals surface area contributed by atoms with Crippen LogP contribution in [-0.4, -0.2) is 10.9 Å². The molecule has 0 fully saturated rings. The minimum absolute atomic E-state index is 0.394. The Morgan fingerprint density at radius 2 is 2.14 bits per heavy atom. The van der Waals surface area contributed by atoms with Gasteiger partial charge in [-0.1, -0.05) is 11.6 Å². The zero-order valence-corrected chi connectivity index (χ0v) is 7.44. The number of hydrogen-bond donors (Lipinski definition) is 2. The first-order valence-corrected chi connectivity index (χ1v) is 3.82. The average Bonchev–Trinajstić information content (AvgIpc) is 2.08. The number of rotatable bonds is 2. The van der Waals surface area contributed by atoms with Crippen LogP contribution in [0.1, 0.15) is 22.6 Å². The first-order valence-electron chi connectivity index (χ1n) is 3.44. The standard InChI is InChI=1S/C7H5ClF2N2O2/c8-4-3(13)1-2(7(11)14)12-5(4)6(9)10/h1,6H,(H2,11,14)(H,12,13). The molecule has 7 heteroatoms. The fraction of sp³-hybridized carbons (Fsp3) is 0.143. The molecule has 0 atom stereocenters. The van der Waals surface area contributed by atoms with Crippen LogP contribution < -0.4 is 11.2 Å². The number of halogens is 3. The third-order valence-electron chi connectivity index (χ3n) is 1.48. The van der Waals surface area contributed by atoms with Crippen LogP contribution >= 0.6 is 11.6 Å². The second-order valence-electron chi connectivity index (χ2n) is 2.44. The highest BCUT2D eigenvalue weighted by molar-refractivity contribution is 6.31. The van der Waals surface area contributed by atoms with Gasteiger partial charge in [-0.2, -0.15) is 0 Å². The molecule has 0 aromatic carbocycles. The van der Waals surface area contributed by atoms with Crippen molar-refractivity contribution in [1.82, 2.24) is 4.98 Å². The number of aromatic nitrogens is 1. The summed E-state index contributed by atoms with van der Waals surface area (Å²) in [5.74, 6) is -0.999. The van der Waals surface area contributed by atoms with Gasteiger partial charge in [0.05, 0.1) is 0 Å². The molecule has 1 amide bonds. The lowest BCUT2D eigenvalue weighted by Gasteiger charge is -2.04. The lowest BCUT2D eigenvalue weighted by atomic mass is 10.3. The summed E-state index contributed by atoms with van der Waals surface area (Å²) >= 11 is 5.29. The van der Waals surface area contributed by atoms with Gasteiger partial charge in [0, 0.05) is 6.07 Å². The maximum absolute atomic E-state index is 12.2. The van der Waals surface area contributed by atoms with Gasteiger partial charge in [0.2, 0.25) is 5.43 Å². The molecule has 0 aliphatic heterocycles. The van der Waals surface area contributed by atoms with E-state index in [4.69, 9.17) is 17.3 Å². The van der Waals surface area contributed by atoms with Crippen molar-refractivity contribution in [3.8, 4) is 0 Å². The van der Waals surface area contributed by atoms with Crippen LogP contribution in [0.25, 0.3) is 0 Å². The van der Waals surface area contributed by atoms with Crippen molar-refractivity contribution in [3.05, 3.63) is 32.7 Å². The minimum atomic E-state index is -2.96. The summed E-state index contributed by atoms with van der Waals surface area (Å²) in [6, 6.07) is 0.774. The molecule has 0 unspecified atom stereocenters. The third kappa shape index (κ3) is 1.90. The van der Waals surface area contributed by atoms with Gasteiger partial charge in [0.1, 0.15) is 16.4 Å². The molecular formula is C7H5ClF2N2O2. The van der Waals surface area contributed by atoms with E-state index in [9.17, 15) is 18.4 Å². The van der Waals surface area contributed by atoms with E-state index in [2.05, 4.69) is 0 Å². The van der Waals surface area contributed by atoms with Crippen molar-refractivity contribution in [2.75, 3.05) is 0 Å². The second kappa shape index (κ2) is 3.75. The molecule has 1 aromatic rings. The Balaban J connectivity index is 3.43. The molecule has 0 spiro atoms. The van der Waals surface area contributed by atoms with Gasteiger partial charge in [0.15, 0.2) is 0 Å². The highest BCUT2D eigenvalue weighted by Crippen LogP contribution is 2.21. The molecule has 0 radical (unpaired) electrons. The number of alkyl halides is 2. The molecule has 1 rings (SSSR count). The molecule has 14 heavy (non-hydrogen) atoms. The number of aromatic amines is 1. The third-order valence-corrected chi connectivity index (χ3v) is 1.87. The predicted molar refractivity (Wildman–Crippen MR) is 45.5 cm³/mol. The molecule has 0 aliphatic rings. The maximum atomic E-state index is 12.2. The number of hydrogen-bond acceptors (Lipinski definition) is 2. The molecular weight excluding hydrogens is 218 g/mol. The second-order valence-corrected chi connectivity index (χ2v) is 2.82. The zero-order chi connectivity index (χ0) is 10.9. The topological polar surface area (TPSA) is 76.0 Å². The van der Waals surface area contributed by atoms with E-state index >= 15 is 0 Å². The van der Waals surface area contributed by atoms with Gasteiger partial charge in [0.25, 0.3) is 12.3 Å². The Kier molecular flexibility index (Phi) is 2.85. The van der Waals surface area contributed by atoms with Crippen molar-refractivity contribution in [2.24, 2.45) is 5.73 Å². The Hall–Kier alpha value is -1.43. The first kappa shape index (κ1) is 10.6. The van der Waals surface area contributed by atoms with E-state index in [-0.39, 0.29) is 0 Å². The van der Waals surface area contributed by atoms with E-state index in [1.165, 1.54) is 0 Å². The van der Waals surface area contributed by atoms with Gasteiger partial charge in [-0.25, -0.2) is 8.78 Å². The first-order chi connectivity index (χ1) is 6.43. The number of amides is 1. The quantitative estimate of drug-likeness (QED) is 0.785. The Labute approximate surface area is 81.7 Å². The highest BCUT2D eigenvalue weighted by Gasteiger charge is 2.17. The van der Waals surface area contributed by atoms with Gasteiger partial charge in [-0.3, -0.25) is 9.59 Å². The van der Waals surface area contributed by atoms with Crippen LogP contribution in [0, 0.1) is 0 Å². The zero-order valence-electron chi connectivity index (χ0n) is 6.68. The number of pyridine rings is 1. The summed E-state index contributed by atoms with van der Waals surface area (Å²) in [5.41, 5.74) is 2.75. The van der Waals surface area contributed by atoms with Crippen LogP contribution in [0.3, 0.4) is 0 Å². The fourth-order valence-corrected chi connectivity index (χ4v) is 1.03. The maximum Gasteiger partial charge on any atom is 0.279 e. The minimum Gasteiger partial charge on any atom is -0.364 e. The SMILES string of the molecule is NC(=O)c1cc(=O)c(Cl)c(C(F)F)[nH]1. The van der Waals surface area contributed by atoms with Crippen LogP contribution in [0.5, 0.6) is 0 Å². The van der Waals surface area contributed by atoms with Crippen LogP contribution in [-0.2, 0) is 0 Å². The lowest BCUT2D eigenvalue weighted by molar-refractivity contribution is 0.0993. The summed E-state index contributed by atoms with van der Waals surface area (Å²) in [5, 5.41) is -0.634. The molecule has 0 saturated carbocycles. The number of carbonyl (C=O) groups is 1. The molecule has 3 N–H and O–H groups in total. The fourth-order valence-electron chi connectivity index (χ4n) is 0.846. The van der Waals surface area contributed by atoms with E-state index < -0.39 is 34.2 Å². The summed E-state index contributed by atoms with van der Waals surface area (Å²) in [6.45, 7) is 0. The molecule has 0 aliphatic carbocycles. The highest BCUT2D eigenvalue weighted by atomic mass is 35.5. The average molecular weight is 223 g/mol. The summed E-state index contributed by atoms with van der Waals surface area (Å²) < 4.78 is 24.5.